The van der Waals surface area contributed by atoms with Crippen LogP contribution in [0.25, 0.3) is 0 Å². The molecule has 0 unspecified atom stereocenters. The van der Waals surface area contributed by atoms with Crippen molar-refractivity contribution >= 4 is 21.7 Å². The molecule has 2 rings (SSSR count). The second kappa shape index (κ2) is 4.58. The molecule has 0 saturated carbocycles. The Morgan fingerprint density at radius 2 is 2.22 bits per heavy atom. The number of hydrogen-bond acceptors (Lipinski definition) is 5. The Kier molecular flexibility index (Phi) is 3.26. The van der Waals surface area contributed by atoms with Gasteiger partial charge in [0.05, 0.1) is 12.9 Å². The molecule has 1 aliphatic rings. The monoisotopic (exact) mass is 273 g/mol. The molecule has 3 N–H and O–H groups in total. The molecule has 0 aromatic carbocycles. The van der Waals surface area contributed by atoms with Crippen LogP contribution in [0.5, 0.6) is 0 Å². The lowest BCUT2D eigenvalue weighted by atomic mass is 10.4. The smallest absolute Gasteiger partial charge is 0.262 e. The van der Waals surface area contributed by atoms with Crippen molar-refractivity contribution in [3.8, 4) is 0 Å². The third-order valence-electron chi connectivity index (χ3n) is 2.72. The molecule has 1 aromatic rings. The highest BCUT2D eigenvalue weighted by Crippen LogP contribution is 2.21. The van der Waals surface area contributed by atoms with Crippen molar-refractivity contribution in [2.75, 3.05) is 25.4 Å². The zero-order chi connectivity index (χ0) is 13.3. The van der Waals surface area contributed by atoms with Gasteiger partial charge >= 0.3 is 0 Å². The summed E-state index contributed by atoms with van der Waals surface area (Å²) in [4.78, 5) is 15.2. The van der Waals surface area contributed by atoms with Crippen LogP contribution < -0.4 is 11.1 Å². The summed E-state index contributed by atoms with van der Waals surface area (Å²) < 4.78 is 27.3. The van der Waals surface area contributed by atoms with Crippen LogP contribution in [-0.2, 0) is 21.9 Å². The van der Waals surface area contributed by atoms with Crippen LogP contribution in [0.4, 0.5) is 5.82 Å². The quantitative estimate of drug-likeness (QED) is 0.682. The first-order valence-electron chi connectivity index (χ1n) is 5.46. The van der Waals surface area contributed by atoms with Gasteiger partial charge in [0, 0.05) is 20.1 Å². The Hall–Kier alpha value is -1.61. The van der Waals surface area contributed by atoms with Gasteiger partial charge in [0.15, 0.2) is 10.8 Å². The Morgan fingerprint density at radius 3 is 2.83 bits per heavy atom. The van der Waals surface area contributed by atoms with E-state index in [0.717, 1.165) is 4.31 Å². The number of nitrogen functional groups attached to an aromatic ring is 1. The SMILES string of the molecule is Cn1cnc(N)c1S(=O)(=O)N1CCCNC(=O)C1. The molecule has 2 heterocycles. The van der Waals surface area contributed by atoms with Crippen LogP contribution in [0, 0.1) is 0 Å². The summed E-state index contributed by atoms with van der Waals surface area (Å²) in [6.07, 6.45) is 1.91. The zero-order valence-corrected chi connectivity index (χ0v) is 10.8. The normalized spacial score (nSPS) is 18.4. The Labute approximate surface area is 105 Å². The third-order valence-corrected chi connectivity index (χ3v) is 4.70. The summed E-state index contributed by atoms with van der Waals surface area (Å²) in [5, 5.41) is 2.55. The van der Waals surface area contributed by atoms with Gasteiger partial charge in [-0.2, -0.15) is 4.31 Å². The fourth-order valence-corrected chi connectivity index (χ4v) is 3.49. The molecule has 8 nitrogen and oxygen atoms in total. The van der Waals surface area contributed by atoms with E-state index in [9.17, 15) is 13.2 Å². The largest absolute Gasteiger partial charge is 0.381 e. The first-order valence-corrected chi connectivity index (χ1v) is 6.90. The van der Waals surface area contributed by atoms with E-state index in [-0.39, 0.29) is 29.8 Å². The number of carbonyl (C=O) groups excluding carboxylic acids is 1. The van der Waals surface area contributed by atoms with Crippen molar-refractivity contribution in [1.29, 1.82) is 0 Å². The summed E-state index contributed by atoms with van der Waals surface area (Å²) in [7, 11) is -2.24. The minimum atomic E-state index is -3.79. The fourth-order valence-electron chi connectivity index (χ4n) is 1.86. The molecular formula is C9H15N5O3S. The number of sulfonamides is 1. The van der Waals surface area contributed by atoms with E-state index in [4.69, 9.17) is 5.73 Å². The number of aryl methyl sites for hydroxylation is 1. The van der Waals surface area contributed by atoms with Crippen LogP contribution >= 0.6 is 0 Å². The zero-order valence-electron chi connectivity index (χ0n) is 9.96. The van der Waals surface area contributed by atoms with Gasteiger partial charge < -0.3 is 15.6 Å². The van der Waals surface area contributed by atoms with Gasteiger partial charge in [-0.3, -0.25) is 4.79 Å². The first-order chi connectivity index (χ1) is 8.43. The number of imidazole rings is 1. The topological polar surface area (TPSA) is 110 Å². The van der Waals surface area contributed by atoms with Gasteiger partial charge in [0.1, 0.15) is 0 Å². The number of nitrogens with two attached hydrogens (primary N) is 1. The van der Waals surface area contributed by atoms with Crippen LogP contribution in [-0.4, -0.2) is 47.8 Å². The molecule has 0 spiro atoms. The maximum absolute atomic E-state index is 12.4. The average molecular weight is 273 g/mol. The molecular weight excluding hydrogens is 258 g/mol. The van der Waals surface area contributed by atoms with E-state index in [1.165, 1.54) is 10.9 Å². The summed E-state index contributed by atoms with van der Waals surface area (Å²) in [6, 6.07) is 0. The van der Waals surface area contributed by atoms with Gasteiger partial charge in [-0.05, 0) is 6.42 Å². The highest BCUT2D eigenvalue weighted by atomic mass is 32.2. The Balaban J connectivity index is 2.39. The van der Waals surface area contributed by atoms with Crippen LogP contribution in [0.3, 0.4) is 0 Å². The molecule has 1 aliphatic heterocycles. The van der Waals surface area contributed by atoms with Crippen molar-refractivity contribution in [3.63, 3.8) is 0 Å². The van der Waals surface area contributed by atoms with E-state index in [0.29, 0.717) is 13.0 Å². The highest BCUT2D eigenvalue weighted by Gasteiger charge is 2.32. The predicted octanol–water partition coefficient (Wildman–Crippen LogP) is -1.49. The van der Waals surface area contributed by atoms with E-state index in [1.807, 2.05) is 0 Å². The molecule has 1 amide bonds. The number of hydrogen-bond donors (Lipinski definition) is 2. The molecule has 0 aliphatic carbocycles. The second-order valence-electron chi connectivity index (χ2n) is 4.09. The van der Waals surface area contributed by atoms with E-state index in [1.54, 1.807) is 7.05 Å². The fraction of sp³-hybridized carbons (Fsp3) is 0.556. The maximum Gasteiger partial charge on any atom is 0.262 e. The number of aromatic nitrogens is 2. The lowest BCUT2D eigenvalue weighted by Crippen LogP contribution is -2.38. The van der Waals surface area contributed by atoms with Crippen molar-refractivity contribution < 1.29 is 13.2 Å². The molecule has 1 aromatic heterocycles. The number of amides is 1. The summed E-state index contributed by atoms with van der Waals surface area (Å²) in [5.41, 5.74) is 5.57. The van der Waals surface area contributed by atoms with Gasteiger partial charge in [0.25, 0.3) is 10.0 Å². The second-order valence-corrected chi connectivity index (χ2v) is 5.94. The highest BCUT2D eigenvalue weighted by molar-refractivity contribution is 7.89. The van der Waals surface area contributed by atoms with Crippen molar-refractivity contribution in [2.45, 2.75) is 11.4 Å². The third kappa shape index (κ3) is 2.18. The summed E-state index contributed by atoms with van der Waals surface area (Å²) in [5.74, 6) is -0.362. The number of anilines is 1. The predicted molar refractivity (Wildman–Crippen MR) is 64.0 cm³/mol. The average Bonchev–Trinajstić information content (AvgIpc) is 2.51. The molecule has 1 fully saturated rings. The Morgan fingerprint density at radius 1 is 1.50 bits per heavy atom. The van der Waals surface area contributed by atoms with Gasteiger partial charge in [-0.25, -0.2) is 13.4 Å². The van der Waals surface area contributed by atoms with Gasteiger partial charge in [-0.15, -0.1) is 0 Å². The van der Waals surface area contributed by atoms with Crippen molar-refractivity contribution in [3.05, 3.63) is 6.33 Å². The lowest BCUT2D eigenvalue weighted by Gasteiger charge is -2.18. The molecule has 0 atom stereocenters. The molecule has 18 heavy (non-hydrogen) atoms. The van der Waals surface area contributed by atoms with Crippen LogP contribution in [0.1, 0.15) is 6.42 Å². The van der Waals surface area contributed by atoms with E-state index >= 15 is 0 Å². The number of rotatable bonds is 2. The molecule has 0 radical (unpaired) electrons. The molecule has 100 valence electrons. The molecule has 9 heteroatoms. The number of carbonyl (C=O) groups is 1. The standard InChI is InChI=1S/C9H15N5O3S/c1-13-6-12-8(10)9(13)18(16,17)14-4-2-3-11-7(15)5-14/h6H,2-5,10H2,1H3,(H,11,15). The number of nitrogens with zero attached hydrogens (tertiary/aromatic N) is 3. The summed E-state index contributed by atoms with van der Waals surface area (Å²) >= 11 is 0. The van der Waals surface area contributed by atoms with E-state index < -0.39 is 10.0 Å². The van der Waals surface area contributed by atoms with Gasteiger partial charge in [-0.1, -0.05) is 0 Å². The molecule has 1 saturated heterocycles. The summed E-state index contributed by atoms with van der Waals surface area (Å²) in [6.45, 7) is 0.574. The van der Waals surface area contributed by atoms with Crippen LogP contribution in [0.15, 0.2) is 11.4 Å². The maximum atomic E-state index is 12.4. The van der Waals surface area contributed by atoms with Crippen LogP contribution in [0.2, 0.25) is 0 Å². The lowest BCUT2D eigenvalue weighted by molar-refractivity contribution is -0.120. The molecule has 0 bridgehead atoms. The van der Waals surface area contributed by atoms with Crippen molar-refractivity contribution in [1.82, 2.24) is 19.2 Å². The minimum absolute atomic E-state index is 0.0536. The number of nitrogens with one attached hydrogen (secondary N) is 1. The van der Waals surface area contributed by atoms with Crippen molar-refractivity contribution in [2.24, 2.45) is 7.05 Å². The van der Waals surface area contributed by atoms with E-state index in [2.05, 4.69) is 10.3 Å². The minimum Gasteiger partial charge on any atom is -0.381 e. The Bertz CT molecular complexity index is 545. The first kappa shape index (κ1) is 12.8. The van der Waals surface area contributed by atoms with Gasteiger partial charge in [0.2, 0.25) is 5.91 Å².